The van der Waals surface area contributed by atoms with E-state index < -0.39 is 10.0 Å². The first kappa shape index (κ1) is 18.9. The van der Waals surface area contributed by atoms with E-state index in [0.29, 0.717) is 44.8 Å². The van der Waals surface area contributed by atoms with Gasteiger partial charge in [-0.2, -0.15) is 4.31 Å². The largest absolute Gasteiger partial charge is 0.352 e. The van der Waals surface area contributed by atoms with E-state index in [-0.39, 0.29) is 17.1 Å². The third-order valence-corrected chi connectivity index (χ3v) is 5.88. The summed E-state index contributed by atoms with van der Waals surface area (Å²) >= 11 is 0. The summed E-state index contributed by atoms with van der Waals surface area (Å²) in [5.74, 6) is -0.250. The Kier molecular flexibility index (Phi) is 6.73. The second kappa shape index (κ2) is 8.57. The van der Waals surface area contributed by atoms with E-state index >= 15 is 0 Å². The van der Waals surface area contributed by atoms with Gasteiger partial charge >= 0.3 is 0 Å². The Morgan fingerprint density at radius 2 is 1.75 bits per heavy atom. The van der Waals surface area contributed by atoms with Crippen molar-refractivity contribution < 1.29 is 22.7 Å². The third kappa shape index (κ3) is 4.54. The SMILES string of the molecule is CCN(CC)S(=O)(=O)c1ccc(C(=O)NCCC2OCCO2)cc1. The monoisotopic (exact) mass is 356 g/mol. The number of nitrogens with one attached hydrogen (secondary N) is 1. The van der Waals surface area contributed by atoms with E-state index in [4.69, 9.17) is 9.47 Å². The number of carbonyl (C=O) groups is 1. The van der Waals surface area contributed by atoms with Gasteiger partial charge in [-0.3, -0.25) is 4.79 Å². The first-order valence-corrected chi connectivity index (χ1v) is 9.54. The lowest BCUT2D eigenvalue weighted by molar-refractivity contribution is -0.0455. The smallest absolute Gasteiger partial charge is 0.251 e. The van der Waals surface area contributed by atoms with Crippen LogP contribution in [0.1, 0.15) is 30.6 Å². The Hall–Kier alpha value is -1.48. The molecule has 1 N–H and O–H groups in total. The lowest BCUT2D eigenvalue weighted by Gasteiger charge is -2.18. The Labute approximate surface area is 143 Å². The summed E-state index contributed by atoms with van der Waals surface area (Å²) in [5, 5.41) is 2.77. The quantitative estimate of drug-likeness (QED) is 0.757. The van der Waals surface area contributed by atoms with Crippen molar-refractivity contribution in [3.8, 4) is 0 Å². The normalized spacial score (nSPS) is 15.8. The predicted molar refractivity (Wildman–Crippen MR) is 89.2 cm³/mol. The van der Waals surface area contributed by atoms with Crippen LogP contribution >= 0.6 is 0 Å². The maximum Gasteiger partial charge on any atom is 0.251 e. The Balaban J connectivity index is 1.94. The van der Waals surface area contributed by atoms with Crippen LogP contribution in [0.15, 0.2) is 29.2 Å². The van der Waals surface area contributed by atoms with Crippen LogP contribution in [-0.4, -0.2) is 57.8 Å². The molecule has 0 atom stereocenters. The van der Waals surface area contributed by atoms with Crippen LogP contribution in [0.3, 0.4) is 0 Å². The fourth-order valence-corrected chi connectivity index (χ4v) is 3.93. The zero-order chi connectivity index (χ0) is 17.6. The molecule has 0 bridgehead atoms. The molecule has 0 saturated carbocycles. The van der Waals surface area contributed by atoms with Gasteiger partial charge in [-0.1, -0.05) is 13.8 Å². The van der Waals surface area contributed by atoms with Gasteiger partial charge in [-0.25, -0.2) is 8.42 Å². The second-order valence-electron chi connectivity index (χ2n) is 5.33. The molecule has 0 unspecified atom stereocenters. The van der Waals surface area contributed by atoms with Gasteiger partial charge in [-0.05, 0) is 24.3 Å². The highest BCUT2D eigenvalue weighted by Crippen LogP contribution is 2.16. The van der Waals surface area contributed by atoms with E-state index in [2.05, 4.69) is 5.32 Å². The highest BCUT2D eigenvalue weighted by Gasteiger charge is 2.21. The maximum atomic E-state index is 12.4. The van der Waals surface area contributed by atoms with Gasteiger partial charge in [0.2, 0.25) is 10.0 Å². The molecule has 0 aromatic heterocycles. The Bertz CT molecular complexity index is 635. The van der Waals surface area contributed by atoms with Crippen molar-refractivity contribution in [3.05, 3.63) is 29.8 Å². The average Bonchev–Trinajstić information content (AvgIpc) is 3.09. The van der Waals surface area contributed by atoms with Crippen LogP contribution in [0.5, 0.6) is 0 Å². The van der Waals surface area contributed by atoms with Gasteiger partial charge in [-0.15, -0.1) is 0 Å². The molecule has 1 heterocycles. The second-order valence-corrected chi connectivity index (χ2v) is 7.27. The number of ether oxygens (including phenoxy) is 2. The van der Waals surface area contributed by atoms with Crippen LogP contribution in [0.4, 0.5) is 0 Å². The predicted octanol–water partition coefficient (Wildman–Crippen LogP) is 1.21. The summed E-state index contributed by atoms with van der Waals surface area (Å²) in [7, 11) is -3.50. The Morgan fingerprint density at radius 3 is 2.29 bits per heavy atom. The van der Waals surface area contributed by atoms with Gasteiger partial charge in [0.15, 0.2) is 6.29 Å². The zero-order valence-corrected chi connectivity index (χ0v) is 14.8. The van der Waals surface area contributed by atoms with Gasteiger partial charge in [0, 0.05) is 31.6 Å². The fourth-order valence-electron chi connectivity index (χ4n) is 2.47. The summed E-state index contributed by atoms with van der Waals surface area (Å²) in [6.07, 6.45) is 0.326. The molecule has 1 aromatic carbocycles. The van der Waals surface area contributed by atoms with Crippen molar-refractivity contribution in [2.24, 2.45) is 0 Å². The van der Waals surface area contributed by atoms with E-state index in [0.717, 1.165) is 0 Å². The fraction of sp³-hybridized carbons (Fsp3) is 0.562. The minimum Gasteiger partial charge on any atom is -0.352 e. The number of carbonyl (C=O) groups excluding carboxylic acids is 1. The first-order chi connectivity index (χ1) is 11.5. The molecule has 1 saturated heterocycles. The number of nitrogens with zero attached hydrogens (tertiary/aromatic N) is 1. The number of benzene rings is 1. The van der Waals surface area contributed by atoms with Gasteiger partial charge in [0.1, 0.15) is 0 Å². The minimum atomic E-state index is -3.50. The molecule has 24 heavy (non-hydrogen) atoms. The van der Waals surface area contributed by atoms with Crippen LogP contribution in [0.25, 0.3) is 0 Å². The molecule has 1 fully saturated rings. The van der Waals surface area contributed by atoms with Crippen molar-refractivity contribution in [2.45, 2.75) is 31.5 Å². The third-order valence-electron chi connectivity index (χ3n) is 3.82. The molecule has 7 nitrogen and oxygen atoms in total. The van der Waals surface area contributed by atoms with Crippen LogP contribution < -0.4 is 5.32 Å². The first-order valence-electron chi connectivity index (χ1n) is 8.10. The maximum absolute atomic E-state index is 12.4. The van der Waals surface area contributed by atoms with Gasteiger partial charge in [0.05, 0.1) is 18.1 Å². The van der Waals surface area contributed by atoms with E-state index in [1.165, 1.54) is 28.6 Å². The molecule has 1 aromatic rings. The highest BCUT2D eigenvalue weighted by atomic mass is 32.2. The van der Waals surface area contributed by atoms with Crippen molar-refractivity contribution >= 4 is 15.9 Å². The molecule has 1 amide bonds. The number of amides is 1. The van der Waals surface area contributed by atoms with E-state index in [1.807, 2.05) is 0 Å². The lowest BCUT2D eigenvalue weighted by Crippen LogP contribution is -2.30. The molecule has 0 spiro atoms. The molecule has 1 aliphatic rings. The molecule has 2 rings (SSSR count). The summed E-state index contributed by atoms with van der Waals surface area (Å²) < 4.78 is 36.7. The summed E-state index contributed by atoms with van der Waals surface area (Å²) in [6.45, 7) is 6.01. The van der Waals surface area contributed by atoms with Gasteiger partial charge in [0.25, 0.3) is 5.91 Å². The molecule has 1 aliphatic heterocycles. The number of hydrogen-bond donors (Lipinski definition) is 1. The molecule has 0 radical (unpaired) electrons. The summed E-state index contributed by atoms with van der Waals surface area (Å²) in [6, 6.07) is 5.97. The lowest BCUT2D eigenvalue weighted by atomic mass is 10.2. The van der Waals surface area contributed by atoms with Gasteiger partial charge < -0.3 is 14.8 Å². The van der Waals surface area contributed by atoms with Crippen LogP contribution in [0.2, 0.25) is 0 Å². The molecule has 134 valence electrons. The van der Waals surface area contributed by atoms with Crippen molar-refractivity contribution in [3.63, 3.8) is 0 Å². The molecule has 8 heteroatoms. The van der Waals surface area contributed by atoms with Crippen LogP contribution in [-0.2, 0) is 19.5 Å². The van der Waals surface area contributed by atoms with Crippen LogP contribution in [0, 0.1) is 0 Å². The topological polar surface area (TPSA) is 84.9 Å². The highest BCUT2D eigenvalue weighted by molar-refractivity contribution is 7.89. The molecular formula is C16H24N2O5S. The molecular weight excluding hydrogens is 332 g/mol. The summed E-state index contributed by atoms with van der Waals surface area (Å²) in [4.78, 5) is 12.3. The van der Waals surface area contributed by atoms with Crippen molar-refractivity contribution in [2.75, 3.05) is 32.8 Å². The van der Waals surface area contributed by atoms with E-state index in [1.54, 1.807) is 13.8 Å². The molecule has 0 aliphatic carbocycles. The number of rotatable bonds is 8. The number of sulfonamides is 1. The van der Waals surface area contributed by atoms with Crippen molar-refractivity contribution in [1.82, 2.24) is 9.62 Å². The Morgan fingerprint density at radius 1 is 1.17 bits per heavy atom. The van der Waals surface area contributed by atoms with E-state index in [9.17, 15) is 13.2 Å². The standard InChI is InChI=1S/C16H24N2O5S/c1-3-18(4-2)24(20,21)14-7-5-13(6-8-14)16(19)17-10-9-15-22-11-12-23-15/h5-8,15H,3-4,9-12H2,1-2H3,(H,17,19). The zero-order valence-electron chi connectivity index (χ0n) is 14.0. The summed E-state index contributed by atoms with van der Waals surface area (Å²) in [5.41, 5.74) is 0.418. The average molecular weight is 356 g/mol. The number of hydrogen-bond acceptors (Lipinski definition) is 5. The minimum absolute atomic E-state index is 0.190. The van der Waals surface area contributed by atoms with Crippen molar-refractivity contribution in [1.29, 1.82) is 0 Å².